The zero-order chi connectivity index (χ0) is 14.5. The van der Waals surface area contributed by atoms with Crippen molar-refractivity contribution in [3.05, 3.63) is 29.6 Å². The molecule has 18 heavy (non-hydrogen) atoms. The van der Waals surface area contributed by atoms with Crippen molar-refractivity contribution in [2.45, 2.75) is 0 Å². The molecule has 0 unspecified atom stereocenters. The second-order valence-corrected chi connectivity index (χ2v) is 2.68. The van der Waals surface area contributed by atoms with E-state index in [0.29, 0.717) is 12.1 Å². The Morgan fingerprint density at radius 2 is 1.39 bits per heavy atom. The van der Waals surface area contributed by atoms with Gasteiger partial charge in [0, 0.05) is 5.46 Å². The molecule has 0 aliphatic carbocycles. The summed E-state index contributed by atoms with van der Waals surface area (Å²) < 4.78 is 60.5. The van der Waals surface area contributed by atoms with E-state index < -0.39 is 42.1 Å². The number of benzene rings is 1. The molecule has 0 aliphatic heterocycles. The Hall–Kier alpha value is -2.13. The van der Waals surface area contributed by atoms with Crippen LogP contribution in [-0.2, 0) is 9.59 Å². The maximum absolute atomic E-state index is 12.4. The van der Waals surface area contributed by atoms with E-state index >= 15 is 0 Å². The van der Waals surface area contributed by atoms with Gasteiger partial charge >= 0.3 is 19.2 Å². The minimum absolute atomic E-state index is 0.458. The predicted octanol–water partition coefficient (Wildman–Crippen LogP) is 0.894. The topological polar surface area (TPSA) is 74.6 Å². The van der Waals surface area contributed by atoms with Gasteiger partial charge in [-0.3, -0.25) is 8.63 Å². The fraction of sp³-hybridized carbons (Fsp3) is 0. The smallest absolute Gasteiger partial charge is 0.473 e. The van der Waals surface area contributed by atoms with Gasteiger partial charge in [-0.1, -0.05) is 6.07 Å². The Balaban J connectivity index is 0.000000411. The van der Waals surface area contributed by atoms with Crippen molar-refractivity contribution in [3.8, 4) is 0 Å². The van der Waals surface area contributed by atoms with E-state index in [-0.39, 0.29) is 0 Å². The Labute approximate surface area is 96.8 Å². The standard InChI is InChI=1S/C6H2BF5.C2H2O4/c8-4-2-1-3(7(11)12)5(9)6(4)10;3-1(4)2(5)6/h1-2H;(H,3,4)(H,5,6). The van der Waals surface area contributed by atoms with Crippen molar-refractivity contribution in [3.63, 3.8) is 0 Å². The first-order valence-corrected chi connectivity index (χ1v) is 4.06. The fourth-order valence-corrected chi connectivity index (χ4v) is 0.709. The zero-order valence-electron chi connectivity index (χ0n) is 8.33. The van der Waals surface area contributed by atoms with Crippen molar-refractivity contribution in [1.29, 1.82) is 0 Å². The van der Waals surface area contributed by atoms with Crippen LogP contribution in [0, 0.1) is 17.5 Å². The third kappa shape index (κ3) is 4.40. The minimum atomic E-state index is -3.14. The van der Waals surface area contributed by atoms with Crippen LogP contribution >= 0.6 is 0 Å². The number of carboxylic acid groups (broad SMARTS) is 2. The average molecular weight is 270 g/mol. The Morgan fingerprint density at radius 3 is 1.72 bits per heavy atom. The molecule has 2 N–H and O–H groups in total. The molecule has 0 atom stereocenters. The number of hydrogen-bond donors (Lipinski definition) is 2. The van der Waals surface area contributed by atoms with Crippen molar-refractivity contribution in [2.24, 2.45) is 0 Å². The molecule has 1 aromatic rings. The zero-order valence-corrected chi connectivity index (χ0v) is 8.33. The highest BCUT2D eigenvalue weighted by atomic mass is 19.2. The van der Waals surface area contributed by atoms with Crippen molar-refractivity contribution >= 4 is 24.7 Å². The predicted molar refractivity (Wildman–Crippen MR) is 49.2 cm³/mol. The van der Waals surface area contributed by atoms with Gasteiger partial charge in [0.2, 0.25) is 0 Å². The molecule has 0 fully saturated rings. The summed E-state index contributed by atoms with van der Waals surface area (Å²) in [7, 11) is -3.14. The van der Waals surface area contributed by atoms with E-state index in [1.807, 2.05) is 0 Å². The third-order valence-corrected chi connectivity index (χ3v) is 1.48. The molecule has 0 spiro atoms. The van der Waals surface area contributed by atoms with Gasteiger partial charge < -0.3 is 10.2 Å². The van der Waals surface area contributed by atoms with Crippen LogP contribution in [0.2, 0.25) is 0 Å². The lowest BCUT2D eigenvalue weighted by molar-refractivity contribution is -0.159. The highest BCUT2D eigenvalue weighted by molar-refractivity contribution is 6.60. The summed E-state index contributed by atoms with van der Waals surface area (Å²) >= 11 is 0. The van der Waals surface area contributed by atoms with Gasteiger partial charge in [-0.2, -0.15) is 0 Å². The molecule has 0 heterocycles. The van der Waals surface area contributed by atoms with Gasteiger partial charge in [-0.25, -0.2) is 22.8 Å². The van der Waals surface area contributed by atoms with Crippen LogP contribution < -0.4 is 5.46 Å². The normalized spacial score (nSPS) is 9.17. The van der Waals surface area contributed by atoms with Crippen LogP contribution in [0.3, 0.4) is 0 Å². The van der Waals surface area contributed by atoms with E-state index in [4.69, 9.17) is 19.8 Å². The van der Waals surface area contributed by atoms with Crippen LogP contribution in [0.15, 0.2) is 12.1 Å². The summed E-state index contributed by atoms with van der Waals surface area (Å²) in [6, 6.07) is 0.971. The maximum atomic E-state index is 12.4. The SMILES string of the molecule is FB(F)c1ccc(F)c(F)c1F.O=C(O)C(=O)O. The van der Waals surface area contributed by atoms with Crippen LogP contribution in [0.25, 0.3) is 0 Å². The van der Waals surface area contributed by atoms with Crippen LogP contribution in [-0.4, -0.2) is 29.4 Å². The van der Waals surface area contributed by atoms with Crippen molar-refractivity contribution in [1.82, 2.24) is 0 Å². The molecule has 0 aliphatic rings. The summed E-state index contributed by atoms with van der Waals surface area (Å²) in [4.78, 5) is 18.2. The molecule has 1 rings (SSSR count). The van der Waals surface area contributed by atoms with E-state index in [9.17, 15) is 21.8 Å². The number of aliphatic carboxylic acids is 2. The molecule has 0 aromatic heterocycles. The van der Waals surface area contributed by atoms with Gasteiger partial charge in [0.05, 0.1) is 0 Å². The third-order valence-electron chi connectivity index (χ3n) is 1.48. The second-order valence-electron chi connectivity index (χ2n) is 2.68. The molecule has 0 saturated heterocycles. The summed E-state index contributed by atoms with van der Waals surface area (Å²) in [6.07, 6.45) is 0. The summed E-state index contributed by atoms with van der Waals surface area (Å²) in [5, 5.41) is 14.8. The highest BCUT2D eigenvalue weighted by Crippen LogP contribution is 2.08. The summed E-state index contributed by atoms with van der Waals surface area (Å²) in [6.45, 7) is 0. The van der Waals surface area contributed by atoms with Gasteiger partial charge in [-0.05, 0) is 6.07 Å². The average Bonchev–Trinajstić information content (AvgIpc) is 2.26. The molecule has 4 nitrogen and oxygen atoms in total. The number of halogens is 5. The number of carbonyl (C=O) groups is 2. The molecule has 0 amide bonds. The lowest BCUT2D eigenvalue weighted by atomic mass is 9.85. The van der Waals surface area contributed by atoms with E-state index in [1.165, 1.54) is 0 Å². The molecule has 0 saturated carbocycles. The van der Waals surface area contributed by atoms with Crippen LogP contribution in [0.5, 0.6) is 0 Å². The van der Waals surface area contributed by atoms with Crippen LogP contribution in [0.4, 0.5) is 21.8 Å². The van der Waals surface area contributed by atoms with Crippen molar-refractivity contribution < 1.29 is 41.6 Å². The quantitative estimate of drug-likeness (QED) is 0.344. The van der Waals surface area contributed by atoms with Gasteiger partial charge in [-0.15, -0.1) is 0 Å². The first kappa shape index (κ1) is 15.9. The Morgan fingerprint density at radius 1 is 0.944 bits per heavy atom. The number of carboxylic acids is 2. The molecular formula is C8H4BF5O4. The number of rotatable bonds is 1. The van der Waals surface area contributed by atoms with E-state index in [1.54, 1.807) is 0 Å². The van der Waals surface area contributed by atoms with Gasteiger partial charge in [0.25, 0.3) is 0 Å². The van der Waals surface area contributed by atoms with Gasteiger partial charge in [0.1, 0.15) is 0 Å². The Kier molecular flexibility index (Phi) is 5.80. The lowest BCUT2D eigenvalue weighted by Crippen LogP contribution is -2.25. The molecule has 10 heteroatoms. The van der Waals surface area contributed by atoms with E-state index in [2.05, 4.69) is 0 Å². The van der Waals surface area contributed by atoms with E-state index in [0.717, 1.165) is 0 Å². The first-order valence-electron chi connectivity index (χ1n) is 4.06. The van der Waals surface area contributed by atoms with Gasteiger partial charge in [0.15, 0.2) is 17.5 Å². The first-order chi connectivity index (χ1) is 8.18. The summed E-state index contributed by atoms with van der Waals surface area (Å²) in [5.74, 6) is -8.82. The monoisotopic (exact) mass is 270 g/mol. The fourth-order valence-electron chi connectivity index (χ4n) is 0.709. The largest absolute Gasteiger partial charge is 0.575 e. The second kappa shape index (κ2) is 6.57. The molecule has 98 valence electrons. The molecule has 1 aromatic carbocycles. The maximum Gasteiger partial charge on any atom is 0.575 e. The summed E-state index contributed by atoms with van der Waals surface area (Å²) in [5.41, 5.74) is -1.13. The Bertz CT molecular complexity index is 453. The number of hydrogen-bond acceptors (Lipinski definition) is 2. The molecule has 0 bridgehead atoms. The highest BCUT2D eigenvalue weighted by Gasteiger charge is 2.24. The minimum Gasteiger partial charge on any atom is -0.473 e. The van der Waals surface area contributed by atoms with Crippen LogP contribution in [0.1, 0.15) is 0 Å². The lowest BCUT2D eigenvalue weighted by Gasteiger charge is -1.99. The van der Waals surface area contributed by atoms with Crippen molar-refractivity contribution in [2.75, 3.05) is 0 Å². The molecule has 0 radical (unpaired) electrons. The molecular weight excluding hydrogens is 266 g/mol.